The van der Waals surface area contributed by atoms with Crippen LogP contribution in [0.3, 0.4) is 0 Å². The van der Waals surface area contributed by atoms with Gasteiger partial charge in [-0.25, -0.2) is 8.42 Å². The number of rotatable bonds is 11. The van der Waals surface area contributed by atoms with Crippen LogP contribution in [0.4, 0.5) is 0 Å². The minimum absolute atomic E-state index is 0.0694. The Kier molecular flexibility index (Phi) is 8.22. The molecule has 0 fully saturated rings. The van der Waals surface area contributed by atoms with Crippen molar-refractivity contribution < 1.29 is 22.4 Å². The maximum absolute atomic E-state index is 13.0. The van der Waals surface area contributed by atoms with E-state index in [4.69, 9.17) is 9.15 Å². The first kappa shape index (κ1) is 22.1. The molecule has 2 aromatic rings. The second kappa shape index (κ2) is 10.4. The lowest BCUT2D eigenvalue weighted by atomic mass is 10.2. The normalized spacial score (nSPS) is 11.7. The Bertz CT molecular complexity index is 848. The molecule has 0 saturated carbocycles. The van der Waals surface area contributed by atoms with Crippen LogP contribution in [0.1, 0.15) is 24.0 Å². The molecular formula is C20H28N2O5S. The molecule has 0 N–H and O–H groups in total. The first-order valence-corrected chi connectivity index (χ1v) is 10.8. The van der Waals surface area contributed by atoms with Crippen LogP contribution in [-0.4, -0.2) is 56.1 Å². The van der Waals surface area contributed by atoms with Gasteiger partial charge in [-0.05, 0) is 31.5 Å². The molecule has 0 spiro atoms. The Morgan fingerprint density at radius 1 is 1.11 bits per heavy atom. The van der Waals surface area contributed by atoms with Crippen LogP contribution in [0, 0.1) is 6.92 Å². The van der Waals surface area contributed by atoms with Crippen molar-refractivity contribution in [2.45, 2.75) is 26.9 Å². The molecule has 1 aromatic heterocycles. The average Bonchev–Trinajstić information content (AvgIpc) is 3.09. The first-order valence-electron chi connectivity index (χ1n) is 9.19. The molecule has 0 aliphatic rings. The molecular weight excluding hydrogens is 380 g/mol. The van der Waals surface area contributed by atoms with Gasteiger partial charge in [-0.2, -0.15) is 4.31 Å². The van der Waals surface area contributed by atoms with Crippen molar-refractivity contribution in [1.82, 2.24) is 9.21 Å². The van der Waals surface area contributed by atoms with Gasteiger partial charge in [0, 0.05) is 20.2 Å². The molecule has 28 heavy (non-hydrogen) atoms. The van der Waals surface area contributed by atoms with Gasteiger partial charge in [-0.15, -0.1) is 0 Å². The van der Waals surface area contributed by atoms with Gasteiger partial charge >= 0.3 is 0 Å². The Hall–Kier alpha value is -2.16. The van der Waals surface area contributed by atoms with Gasteiger partial charge in [0.25, 0.3) is 0 Å². The lowest BCUT2D eigenvalue weighted by molar-refractivity contribution is -0.133. The number of nitrogens with zero attached hydrogens (tertiary/aromatic N) is 2. The van der Waals surface area contributed by atoms with E-state index < -0.39 is 10.0 Å². The topological polar surface area (TPSA) is 80.1 Å². The number of benzene rings is 1. The summed E-state index contributed by atoms with van der Waals surface area (Å²) in [5.41, 5.74) is 0.959. The molecule has 0 aliphatic carbocycles. The van der Waals surface area contributed by atoms with Crippen molar-refractivity contribution in [2.24, 2.45) is 0 Å². The van der Waals surface area contributed by atoms with Crippen molar-refractivity contribution in [1.29, 1.82) is 0 Å². The number of amides is 1. The molecule has 1 aromatic carbocycles. The SMILES string of the molecule is CCS(=O)(=O)N(CCOC)CC(=O)N(Cc1ccccc1)Cc1ccc(C)o1. The van der Waals surface area contributed by atoms with Gasteiger partial charge in [0.1, 0.15) is 11.5 Å². The van der Waals surface area contributed by atoms with Gasteiger partial charge in [0.05, 0.1) is 25.4 Å². The Morgan fingerprint density at radius 3 is 2.39 bits per heavy atom. The standard InChI is InChI=1S/C20H28N2O5S/c1-4-28(24,25)22(12-13-26-3)16-20(23)21(14-18-8-6-5-7-9-18)15-19-11-10-17(2)27-19/h5-11H,4,12-16H2,1-3H3. The lowest BCUT2D eigenvalue weighted by Crippen LogP contribution is -2.44. The number of methoxy groups -OCH3 is 1. The van der Waals surface area contributed by atoms with E-state index in [9.17, 15) is 13.2 Å². The number of carbonyl (C=O) groups is 1. The van der Waals surface area contributed by atoms with Crippen LogP contribution in [0.15, 0.2) is 46.9 Å². The summed E-state index contributed by atoms with van der Waals surface area (Å²) >= 11 is 0. The van der Waals surface area contributed by atoms with Crippen LogP contribution in [-0.2, 0) is 32.6 Å². The summed E-state index contributed by atoms with van der Waals surface area (Å²) < 4.78 is 36.5. The quantitative estimate of drug-likeness (QED) is 0.570. The van der Waals surface area contributed by atoms with Gasteiger partial charge < -0.3 is 14.1 Å². The fourth-order valence-corrected chi connectivity index (χ4v) is 3.76. The summed E-state index contributed by atoms with van der Waals surface area (Å²) in [6.07, 6.45) is 0. The first-order chi connectivity index (χ1) is 13.4. The van der Waals surface area contributed by atoms with Crippen molar-refractivity contribution in [3.63, 3.8) is 0 Å². The fourth-order valence-electron chi connectivity index (χ4n) is 2.74. The predicted molar refractivity (Wildman–Crippen MR) is 107 cm³/mol. The lowest BCUT2D eigenvalue weighted by Gasteiger charge is -2.26. The zero-order chi connectivity index (χ0) is 20.6. The highest BCUT2D eigenvalue weighted by atomic mass is 32.2. The van der Waals surface area contributed by atoms with E-state index in [0.717, 1.165) is 11.3 Å². The maximum Gasteiger partial charge on any atom is 0.238 e. The van der Waals surface area contributed by atoms with E-state index >= 15 is 0 Å². The molecule has 8 heteroatoms. The van der Waals surface area contributed by atoms with Crippen LogP contribution in [0.5, 0.6) is 0 Å². The third kappa shape index (κ3) is 6.47. The fraction of sp³-hybridized carbons (Fsp3) is 0.450. The van der Waals surface area contributed by atoms with Crippen LogP contribution < -0.4 is 0 Å². The number of sulfonamides is 1. The molecule has 0 unspecified atom stereocenters. The Morgan fingerprint density at radius 2 is 1.82 bits per heavy atom. The van der Waals surface area contributed by atoms with Crippen LogP contribution >= 0.6 is 0 Å². The third-order valence-electron chi connectivity index (χ3n) is 4.33. The average molecular weight is 409 g/mol. The Labute approximate surface area is 166 Å². The molecule has 1 amide bonds. The summed E-state index contributed by atoms with van der Waals surface area (Å²) in [7, 11) is -2.02. The summed E-state index contributed by atoms with van der Waals surface area (Å²) in [4.78, 5) is 14.6. The molecule has 0 radical (unpaired) electrons. The number of hydrogen-bond acceptors (Lipinski definition) is 5. The smallest absolute Gasteiger partial charge is 0.238 e. The van der Waals surface area contributed by atoms with E-state index in [0.29, 0.717) is 12.3 Å². The number of carbonyl (C=O) groups excluding carboxylic acids is 1. The number of furan rings is 1. The number of ether oxygens (including phenoxy) is 1. The van der Waals surface area contributed by atoms with Crippen molar-refractivity contribution in [3.05, 3.63) is 59.5 Å². The largest absolute Gasteiger partial charge is 0.464 e. The molecule has 154 valence electrons. The van der Waals surface area contributed by atoms with Crippen LogP contribution in [0.2, 0.25) is 0 Å². The van der Waals surface area contributed by atoms with Crippen molar-refractivity contribution in [2.75, 3.05) is 32.6 Å². The zero-order valence-electron chi connectivity index (χ0n) is 16.6. The molecule has 2 rings (SSSR count). The van der Waals surface area contributed by atoms with Gasteiger partial charge in [0.2, 0.25) is 15.9 Å². The van der Waals surface area contributed by atoms with Gasteiger partial charge in [-0.1, -0.05) is 30.3 Å². The van der Waals surface area contributed by atoms with Crippen LogP contribution in [0.25, 0.3) is 0 Å². The highest BCUT2D eigenvalue weighted by Gasteiger charge is 2.26. The predicted octanol–water partition coefficient (Wildman–Crippen LogP) is 2.41. The summed E-state index contributed by atoms with van der Waals surface area (Å²) in [6.45, 7) is 4.17. The van der Waals surface area contributed by atoms with Gasteiger partial charge in [0.15, 0.2) is 0 Å². The van der Waals surface area contributed by atoms with Gasteiger partial charge in [-0.3, -0.25) is 4.79 Å². The van der Waals surface area contributed by atoms with Crippen molar-refractivity contribution in [3.8, 4) is 0 Å². The summed E-state index contributed by atoms with van der Waals surface area (Å²) in [5.74, 6) is 1.06. The molecule has 0 saturated heterocycles. The number of hydrogen-bond donors (Lipinski definition) is 0. The minimum Gasteiger partial charge on any atom is -0.464 e. The number of aryl methyl sites for hydroxylation is 1. The van der Waals surface area contributed by atoms with E-state index in [1.165, 1.54) is 11.4 Å². The monoisotopic (exact) mass is 408 g/mol. The highest BCUT2D eigenvalue weighted by Crippen LogP contribution is 2.14. The molecule has 7 nitrogen and oxygen atoms in total. The second-order valence-electron chi connectivity index (χ2n) is 6.47. The molecule has 0 atom stereocenters. The molecule has 0 aliphatic heterocycles. The highest BCUT2D eigenvalue weighted by molar-refractivity contribution is 7.89. The Balaban J connectivity index is 2.20. The summed E-state index contributed by atoms with van der Waals surface area (Å²) in [6, 6.07) is 13.2. The summed E-state index contributed by atoms with van der Waals surface area (Å²) in [5, 5.41) is 0. The van der Waals surface area contributed by atoms with Crippen molar-refractivity contribution >= 4 is 15.9 Å². The molecule has 0 bridgehead atoms. The minimum atomic E-state index is -3.52. The van der Waals surface area contributed by atoms with E-state index in [2.05, 4.69) is 0 Å². The van der Waals surface area contributed by atoms with E-state index in [-0.39, 0.29) is 37.9 Å². The second-order valence-corrected chi connectivity index (χ2v) is 8.73. The van der Waals surface area contributed by atoms with E-state index in [1.54, 1.807) is 11.8 Å². The molecule has 1 heterocycles. The van der Waals surface area contributed by atoms with E-state index in [1.807, 2.05) is 49.4 Å². The third-order valence-corrected chi connectivity index (χ3v) is 6.15. The maximum atomic E-state index is 13.0. The zero-order valence-corrected chi connectivity index (χ0v) is 17.4.